The zero-order chi connectivity index (χ0) is 30.2. The van der Waals surface area contributed by atoms with Gasteiger partial charge in [-0.2, -0.15) is 74.6 Å². The van der Waals surface area contributed by atoms with Gasteiger partial charge in [-0.25, -0.2) is 0 Å². The minimum Gasteiger partial charge on any atom is -0.370 e. The van der Waals surface area contributed by atoms with Gasteiger partial charge < -0.3 is 4.74 Å². The van der Waals surface area contributed by atoms with Gasteiger partial charge in [-0.1, -0.05) is 36.9 Å². The molecule has 0 saturated carbocycles. The Bertz CT molecular complexity index is 951. The molecule has 20 heteroatoms. The lowest BCUT2D eigenvalue weighted by molar-refractivity contribution is -0.553. The van der Waals surface area contributed by atoms with Gasteiger partial charge in [0.25, 0.3) is 0 Å². The van der Waals surface area contributed by atoms with Gasteiger partial charge in [-0.05, 0) is 11.1 Å². The minimum atomic E-state index is -7.92. The number of hydrogen-bond acceptors (Lipinski definition) is 3. The highest BCUT2D eigenvalue weighted by molar-refractivity contribution is 5.47. The molecule has 0 fully saturated rings. The topological polar surface area (TPSA) is 27.7 Å². The third kappa shape index (κ3) is 6.61. The standard InChI is InChI=1S/C18H11F17O3/c1-2-9-3-5-10(6-4-9)7-36-8-11(19,14(23,24)25)37-18(34,35)13(22,16(29,30)31)38-17(32,33)12(20,21)15(26,27)28/h2-6H,1,7-8H2. The van der Waals surface area contributed by atoms with Crippen LogP contribution in [0.3, 0.4) is 0 Å². The Morgan fingerprint density at radius 2 is 1.08 bits per heavy atom. The summed E-state index contributed by atoms with van der Waals surface area (Å²) in [6.07, 6.45) is -36.5. The predicted octanol–water partition coefficient (Wildman–Crippen LogP) is 7.72. The second-order valence-electron chi connectivity index (χ2n) is 7.07. The highest BCUT2D eigenvalue weighted by Gasteiger charge is 2.85. The molecule has 2 unspecified atom stereocenters. The average Bonchev–Trinajstić information content (AvgIpc) is 2.70. The number of hydrogen-bond donors (Lipinski definition) is 0. The SMILES string of the molecule is C=Cc1ccc(COCC(F)(OC(F)(F)C(F)(OC(F)(F)C(F)(F)C(F)(F)F)C(F)(F)F)C(F)(F)F)cc1. The van der Waals surface area contributed by atoms with Gasteiger partial charge in [0.05, 0.1) is 6.61 Å². The normalized spacial score (nSPS) is 17.6. The van der Waals surface area contributed by atoms with E-state index in [9.17, 15) is 74.6 Å². The second kappa shape index (κ2) is 10.3. The molecule has 220 valence electrons. The van der Waals surface area contributed by atoms with Crippen LogP contribution >= 0.6 is 0 Å². The highest BCUT2D eigenvalue weighted by atomic mass is 19.4. The number of alkyl halides is 17. The molecule has 0 bridgehead atoms. The van der Waals surface area contributed by atoms with E-state index >= 15 is 0 Å². The lowest BCUT2D eigenvalue weighted by atomic mass is 10.1. The van der Waals surface area contributed by atoms with Crippen LogP contribution in [0.5, 0.6) is 0 Å². The summed E-state index contributed by atoms with van der Waals surface area (Å²) in [6.45, 7) is -0.617. The van der Waals surface area contributed by atoms with Gasteiger partial charge in [0, 0.05) is 0 Å². The van der Waals surface area contributed by atoms with Crippen molar-refractivity contribution >= 4 is 6.08 Å². The fourth-order valence-electron chi connectivity index (χ4n) is 2.18. The zero-order valence-electron chi connectivity index (χ0n) is 17.7. The Hall–Kier alpha value is -2.35. The molecule has 0 spiro atoms. The van der Waals surface area contributed by atoms with Crippen molar-refractivity contribution in [3.05, 3.63) is 42.0 Å². The van der Waals surface area contributed by atoms with Crippen LogP contribution in [0, 0.1) is 0 Å². The number of ether oxygens (including phenoxy) is 3. The highest BCUT2D eigenvalue weighted by Crippen LogP contribution is 2.56. The van der Waals surface area contributed by atoms with Crippen molar-refractivity contribution in [2.24, 2.45) is 0 Å². The Morgan fingerprint density at radius 3 is 1.45 bits per heavy atom. The summed E-state index contributed by atoms with van der Waals surface area (Å²) in [5.74, 6) is -21.9. The Kier molecular flexibility index (Phi) is 9.15. The summed E-state index contributed by atoms with van der Waals surface area (Å²) >= 11 is 0. The quantitative estimate of drug-likeness (QED) is 0.244. The first-order chi connectivity index (χ1) is 16.7. The fraction of sp³-hybridized carbons (Fsp3) is 0.556. The van der Waals surface area contributed by atoms with Crippen LogP contribution in [0.2, 0.25) is 0 Å². The molecule has 1 rings (SSSR count). The molecule has 0 aromatic heterocycles. The van der Waals surface area contributed by atoms with E-state index in [-0.39, 0.29) is 5.56 Å². The van der Waals surface area contributed by atoms with Crippen LogP contribution in [-0.4, -0.2) is 55.0 Å². The van der Waals surface area contributed by atoms with Gasteiger partial charge in [0.15, 0.2) is 0 Å². The fourth-order valence-corrected chi connectivity index (χ4v) is 2.18. The third-order valence-corrected chi connectivity index (χ3v) is 4.21. The molecule has 0 N–H and O–H groups in total. The first-order valence-corrected chi connectivity index (χ1v) is 9.08. The molecule has 38 heavy (non-hydrogen) atoms. The lowest BCUT2D eigenvalue weighted by Crippen LogP contribution is -2.67. The Morgan fingerprint density at radius 1 is 0.605 bits per heavy atom. The molecule has 0 aliphatic rings. The average molecular weight is 598 g/mol. The molecule has 0 saturated heterocycles. The molecule has 1 aromatic rings. The van der Waals surface area contributed by atoms with E-state index in [1.807, 2.05) is 0 Å². The Balaban J connectivity index is 3.38. The van der Waals surface area contributed by atoms with E-state index in [4.69, 9.17) is 0 Å². The number of benzene rings is 1. The van der Waals surface area contributed by atoms with Crippen molar-refractivity contribution in [2.75, 3.05) is 6.61 Å². The molecular weight excluding hydrogens is 587 g/mol. The maximum Gasteiger partial charge on any atom is 0.462 e. The maximum absolute atomic E-state index is 14.3. The summed E-state index contributed by atoms with van der Waals surface area (Å²) in [5.41, 5.74) is 0.297. The van der Waals surface area contributed by atoms with Gasteiger partial charge in [-0.3, -0.25) is 9.47 Å². The third-order valence-electron chi connectivity index (χ3n) is 4.21. The lowest BCUT2D eigenvalue weighted by Gasteiger charge is -2.40. The van der Waals surface area contributed by atoms with Crippen molar-refractivity contribution in [3.8, 4) is 0 Å². The molecule has 0 aliphatic carbocycles. The first-order valence-electron chi connectivity index (χ1n) is 9.08. The van der Waals surface area contributed by atoms with E-state index in [0.717, 1.165) is 12.1 Å². The maximum atomic E-state index is 14.3. The number of halogens is 17. The van der Waals surface area contributed by atoms with E-state index in [2.05, 4.69) is 16.1 Å². The van der Waals surface area contributed by atoms with E-state index in [1.54, 1.807) is 0 Å². The summed E-state index contributed by atoms with van der Waals surface area (Å²) in [7, 11) is 0. The van der Waals surface area contributed by atoms with Crippen LogP contribution in [0.1, 0.15) is 11.1 Å². The summed E-state index contributed by atoms with van der Waals surface area (Å²) in [5, 5.41) is 0. The summed E-state index contributed by atoms with van der Waals surface area (Å²) in [6, 6.07) is 4.68. The first kappa shape index (κ1) is 33.7. The zero-order valence-corrected chi connectivity index (χ0v) is 17.7. The van der Waals surface area contributed by atoms with Gasteiger partial charge >= 0.3 is 48.4 Å². The largest absolute Gasteiger partial charge is 0.462 e. The van der Waals surface area contributed by atoms with Gasteiger partial charge in [0.2, 0.25) is 0 Å². The molecule has 0 radical (unpaired) electrons. The van der Waals surface area contributed by atoms with Crippen molar-refractivity contribution in [2.45, 2.75) is 55.0 Å². The molecular formula is C18H11F17O3. The molecule has 2 atom stereocenters. The number of rotatable bonds is 11. The van der Waals surface area contributed by atoms with Gasteiger partial charge in [-0.15, -0.1) is 0 Å². The van der Waals surface area contributed by atoms with Crippen LogP contribution in [0.25, 0.3) is 6.08 Å². The smallest absolute Gasteiger partial charge is 0.370 e. The van der Waals surface area contributed by atoms with Crippen molar-refractivity contribution < 1.29 is 88.8 Å². The predicted molar refractivity (Wildman–Crippen MR) is 89.0 cm³/mol. The van der Waals surface area contributed by atoms with Crippen LogP contribution in [0.15, 0.2) is 30.8 Å². The summed E-state index contributed by atoms with van der Waals surface area (Å²) < 4.78 is 230. The molecule has 1 aromatic carbocycles. The van der Waals surface area contributed by atoms with Crippen molar-refractivity contribution in [1.82, 2.24) is 0 Å². The van der Waals surface area contributed by atoms with E-state index < -0.39 is 61.6 Å². The van der Waals surface area contributed by atoms with E-state index in [1.165, 1.54) is 22.9 Å². The molecule has 0 amide bonds. The molecule has 0 aliphatic heterocycles. The Labute approximate surface area is 199 Å². The molecule has 3 nitrogen and oxygen atoms in total. The van der Waals surface area contributed by atoms with Crippen LogP contribution in [0.4, 0.5) is 74.6 Å². The monoisotopic (exact) mass is 598 g/mol. The van der Waals surface area contributed by atoms with E-state index in [0.29, 0.717) is 5.56 Å². The van der Waals surface area contributed by atoms with Crippen molar-refractivity contribution in [3.63, 3.8) is 0 Å². The van der Waals surface area contributed by atoms with Gasteiger partial charge in [0.1, 0.15) is 6.61 Å². The van der Waals surface area contributed by atoms with Crippen LogP contribution in [-0.2, 0) is 20.8 Å². The summed E-state index contributed by atoms with van der Waals surface area (Å²) in [4.78, 5) is 0. The van der Waals surface area contributed by atoms with Crippen molar-refractivity contribution in [1.29, 1.82) is 0 Å². The van der Waals surface area contributed by atoms with Crippen LogP contribution < -0.4 is 0 Å². The molecule has 0 heterocycles. The minimum absolute atomic E-state index is 0.126. The second-order valence-corrected chi connectivity index (χ2v) is 7.07.